The van der Waals surface area contributed by atoms with E-state index in [1.54, 1.807) is 10.9 Å². The van der Waals surface area contributed by atoms with Gasteiger partial charge in [0.05, 0.1) is 0 Å². The Morgan fingerprint density at radius 3 is 2.18 bits per heavy atom. The molecule has 3 rings (SSSR count). The highest BCUT2D eigenvalue weighted by atomic mass is 16.3. The van der Waals surface area contributed by atoms with Gasteiger partial charge in [-0.05, 0) is 61.1 Å². The lowest BCUT2D eigenvalue weighted by molar-refractivity contribution is 0.467. The average Bonchev–Trinajstić information content (AvgIpc) is 3.13. The van der Waals surface area contributed by atoms with E-state index in [-0.39, 0.29) is 5.75 Å². The number of phenols is 1. The predicted molar refractivity (Wildman–Crippen MR) is 116 cm³/mol. The zero-order valence-electron chi connectivity index (χ0n) is 17.3. The summed E-state index contributed by atoms with van der Waals surface area (Å²) >= 11 is 0. The number of unbranched alkanes of at least 4 members (excludes halogenated alkanes) is 6. The van der Waals surface area contributed by atoms with Gasteiger partial charge in [0.2, 0.25) is 0 Å². The van der Waals surface area contributed by atoms with Crippen molar-refractivity contribution in [3.8, 4) is 11.4 Å². The Kier molecular flexibility index (Phi) is 7.46. The maximum atomic E-state index is 10.4. The molecule has 0 aliphatic carbocycles. The first-order valence-electron chi connectivity index (χ1n) is 10.9. The summed E-state index contributed by atoms with van der Waals surface area (Å²) in [6, 6.07) is 12.1. The van der Waals surface area contributed by atoms with Gasteiger partial charge in [0.15, 0.2) is 0 Å². The van der Waals surface area contributed by atoms with E-state index in [4.69, 9.17) is 0 Å². The number of hydrogen-bond acceptors (Lipinski definition) is 3. The molecule has 0 saturated heterocycles. The van der Waals surface area contributed by atoms with Gasteiger partial charge >= 0.3 is 0 Å². The van der Waals surface area contributed by atoms with Crippen LogP contribution in [0.3, 0.4) is 0 Å². The molecule has 4 heteroatoms. The Morgan fingerprint density at radius 1 is 0.714 bits per heavy atom. The third-order valence-corrected chi connectivity index (χ3v) is 5.34. The minimum atomic E-state index is 0.221. The zero-order valence-corrected chi connectivity index (χ0v) is 17.3. The topological polar surface area (TPSA) is 50.9 Å². The molecule has 0 amide bonds. The first-order valence-corrected chi connectivity index (χ1v) is 10.9. The lowest BCUT2D eigenvalue weighted by Crippen LogP contribution is -2.00. The molecule has 0 fully saturated rings. The van der Waals surface area contributed by atoms with Crippen LogP contribution in [0.5, 0.6) is 5.75 Å². The average molecular weight is 380 g/mol. The number of aromatic nitrogens is 3. The minimum Gasteiger partial charge on any atom is -0.506 e. The summed E-state index contributed by atoms with van der Waals surface area (Å²) in [5.74, 6) is 0.221. The van der Waals surface area contributed by atoms with Gasteiger partial charge in [0.1, 0.15) is 22.5 Å². The highest BCUT2D eigenvalue weighted by molar-refractivity contribution is 5.75. The Bertz CT molecular complexity index is 885. The second-order valence-corrected chi connectivity index (χ2v) is 7.76. The second kappa shape index (κ2) is 10.3. The molecule has 1 aromatic heterocycles. The van der Waals surface area contributed by atoms with E-state index in [9.17, 15) is 5.11 Å². The van der Waals surface area contributed by atoms with E-state index in [1.807, 2.05) is 18.2 Å². The summed E-state index contributed by atoms with van der Waals surface area (Å²) in [6.07, 6.45) is 12.2. The lowest BCUT2D eigenvalue weighted by atomic mass is 10.0. The van der Waals surface area contributed by atoms with Crippen LogP contribution < -0.4 is 0 Å². The van der Waals surface area contributed by atoms with Crippen molar-refractivity contribution in [1.82, 2.24) is 15.0 Å². The van der Waals surface area contributed by atoms with Crippen molar-refractivity contribution >= 4 is 11.0 Å². The molecule has 28 heavy (non-hydrogen) atoms. The molecular weight excluding hydrogens is 346 g/mol. The Hall–Kier alpha value is -2.36. The Balaban J connectivity index is 1.71. The van der Waals surface area contributed by atoms with E-state index in [2.05, 4.69) is 36.2 Å². The molecule has 3 aromatic rings. The standard InChI is InChI=1S/C24H33N3O/c1-3-5-7-8-9-10-12-20-14-16-24(28)23(18-20)27-25-21-15-13-19(11-6-4-2)17-22(21)26-27/h13-18,28H,3-12H2,1-2H3. The molecule has 0 bridgehead atoms. The van der Waals surface area contributed by atoms with Crippen LogP contribution >= 0.6 is 0 Å². The number of phenolic OH excluding ortho intramolecular Hbond substituents is 1. The van der Waals surface area contributed by atoms with Gasteiger partial charge in [-0.15, -0.1) is 15.0 Å². The molecular formula is C24H33N3O. The van der Waals surface area contributed by atoms with Gasteiger partial charge in [-0.2, -0.15) is 0 Å². The van der Waals surface area contributed by atoms with Crippen LogP contribution in [0.4, 0.5) is 0 Å². The lowest BCUT2D eigenvalue weighted by Gasteiger charge is -2.07. The number of fused-ring (bicyclic) bond motifs is 1. The smallest absolute Gasteiger partial charge is 0.143 e. The van der Waals surface area contributed by atoms with Gasteiger partial charge in [-0.3, -0.25) is 0 Å². The molecule has 2 aromatic carbocycles. The van der Waals surface area contributed by atoms with Gasteiger partial charge in [-0.1, -0.05) is 64.5 Å². The third-order valence-electron chi connectivity index (χ3n) is 5.34. The second-order valence-electron chi connectivity index (χ2n) is 7.76. The van der Waals surface area contributed by atoms with Crippen molar-refractivity contribution in [1.29, 1.82) is 0 Å². The molecule has 0 aliphatic heterocycles. The van der Waals surface area contributed by atoms with E-state index in [1.165, 1.54) is 62.5 Å². The van der Waals surface area contributed by atoms with Crippen LogP contribution in [0.2, 0.25) is 0 Å². The highest BCUT2D eigenvalue weighted by Crippen LogP contribution is 2.24. The summed E-state index contributed by atoms with van der Waals surface area (Å²) < 4.78 is 0. The van der Waals surface area contributed by atoms with Crippen LogP contribution in [0, 0.1) is 0 Å². The van der Waals surface area contributed by atoms with Crippen LogP contribution in [0.15, 0.2) is 36.4 Å². The fraction of sp³-hybridized carbons (Fsp3) is 0.500. The van der Waals surface area contributed by atoms with Gasteiger partial charge in [0, 0.05) is 0 Å². The first kappa shape index (κ1) is 20.4. The summed E-state index contributed by atoms with van der Waals surface area (Å²) in [4.78, 5) is 1.58. The monoisotopic (exact) mass is 379 g/mol. The maximum absolute atomic E-state index is 10.4. The molecule has 0 spiro atoms. The molecule has 1 heterocycles. The molecule has 0 radical (unpaired) electrons. The minimum absolute atomic E-state index is 0.221. The van der Waals surface area contributed by atoms with Crippen molar-refractivity contribution in [2.45, 2.75) is 78.1 Å². The number of benzene rings is 2. The Morgan fingerprint density at radius 2 is 1.36 bits per heavy atom. The SMILES string of the molecule is CCCCCCCCc1ccc(O)c(-n2nc3ccc(CCCC)cc3n2)c1. The summed E-state index contributed by atoms with van der Waals surface area (Å²) in [6.45, 7) is 4.45. The quantitative estimate of drug-likeness (QED) is 0.394. The summed E-state index contributed by atoms with van der Waals surface area (Å²) in [7, 11) is 0. The van der Waals surface area contributed by atoms with Crippen LogP contribution in [-0.4, -0.2) is 20.1 Å². The van der Waals surface area contributed by atoms with Crippen molar-refractivity contribution in [2.75, 3.05) is 0 Å². The molecule has 0 atom stereocenters. The summed E-state index contributed by atoms with van der Waals surface area (Å²) in [5, 5.41) is 19.6. The fourth-order valence-corrected chi connectivity index (χ4v) is 3.60. The number of nitrogens with zero attached hydrogens (tertiary/aromatic N) is 3. The normalized spacial score (nSPS) is 11.4. The van der Waals surface area contributed by atoms with E-state index in [0.29, 0.717) is 5.69 Å². The van der Waals surface area contributed by atoms with Crippen LogP contribution in [0.1, 0.15) is 76.3 Å². The van der Waals surface area contributed by atoms with Crippen molar-refractivity contribution in [2.24, 2.45) is 0 Å². The van der Waals surface area contributed by atoms with E-state index in [0.717, 1.165) is 23.9 Å². The molecule has 0 aliphatic rings. The van der Waals surface area contributed by atoms with Crippen LogP contribution in [0.25, 0.3) is 16.7 Å². The summed E-state index contributed by atoms with van der Waals surface area (Å²) in [5.41, 5.74) is 4.93. The van der Waals surface area contributed by atoms with Crippen molar-refractivity contribution < 1.29 is 5.11 Å². The molecule has 0 unspecified atom stereocenters. The zero-order chi connectivity index (χ0) is 19.8. The van der Waals surface area contributed by atoms with Gasteiger partial charge < -0.3 is 5.11 Å². The molecule has 4 nitrogen and oxygen atoms in total. The molecule has 1 N–H and O–H groups in total. The first-order chi connectivity index (χ1) is 13.7. The largest absolute Gasteiger partial charge is 0.506 e. The molecule has 0 saturated carbocycles. The highest BCUT2D eigenvalue weighted by Gasteiger charge is 2.10. The third kappa shape index (κ3) is 5.34. The predicted octanol–water partition coefficient (Wildman–Crippen LogP) is 6.37. The van der Waals surface area contributed by atoms with Gasteiger partial charge in [0.25, 0.3) is 0 Å². The number of hydrogen-bond donors (Lipinski definition) is 1. The maximum Gasteiger partial charge on any atom is 0.143 e. The van der Waals surface area contributed by atoms with E-state index >= 15 is 0 Å². The van der Waals surface area contributed by atoms with Gasteiger partial charge in [-0.25, -0.2) is 0 Å². The Labute approximate surface area is 168 Å². The fourth-order valence-electron chi connectivity index (χ4n) is 3.60. The molecule has 150 valence electrons. The number of aromatic hydroxyl groups is 1. The van der Waals surface area contributed by atoms with Crippen molar-refractivity contribution in [3.05, 3.63) is 47.5 Å². The number of aryl methyl sites for hydroxylation is 2. The van der Waals surface area contributed by atoms with Crippen LogP contribution in [-0.2, 0) is 12.8 Å². The van der Waals surface area contributed by atoms with Crippen molar-refractivity contribution in [3.63, 3.8) is 0 Å². The van der Waals surface area contributed by atoms with E-state index < -0.39 is 0 Å². The number of rotatable bonds is 11.